The summed E-state index contributed by atoms with van der Waals surface area (Å²) >= 11 is 1.04. The van der Waals surface area contributed by atoms with E-state index >= 15 is 0 Å². The number of rotatable bonds is 5. The van der Waals surface area contributed by atoms with Crippen molar-refractivity contribution >= 4 is 33.1 Å². The van der Waals surface area contributed by atoms with E-state index in [1.54, 1.807) is 43.5 Å². The largest absolute Gasteiger partial charge is 0.284 e. The fraction of sp³-hybridized carbons (Fsp3) is 0.250. The fourth-order valence-electron chi connectivity index (χ4n) is 2.34. The molecule has 0 fully saturated rings. The summed E-state index contributed by atoms with van der Waals surface area (Å²) < 4.78 is 29.1. The highest BCUT2D eigenvalue weighted by molar-refractivity contribution is 7.99. The van der Waals surface area contributed by atoms with E-state index < -0.39 is 20.5 Å². The SMILES string of the molecule is CC(C)(C)NS(=O)(=O)c1ccc(Sc2nnc3ccccn23)c([N+](=O)[O-])c1. The van der Waals surface area contributed by atoms with E-state index in [-0.39, 0.29) is 15.5 Å². The van der Waals surface area contributed by atoms with Crippen LogP contribution in [0.15, 0.2) is 57.5 Å². The zero-order chi connectivity index (χ0) is 19.8. The van der Waals surface area contributed by atoms with Gasteiger partial charge < -0.3 is 0 Å². The molecule has 3 aromatic rings. The van der Waals surface area contributed by atoms with E-state index in [0.717, 1.165) is 17.8 Å². The van der Waals surface area contributed by atoms with E-state index in [0.29, 0.717) is 10.8 Å². The Morgan fingerprint density at radius 2 is 1.93 bits per heavy atom. The minimum atomic E-state index is -3.88. The second kappa shape index (κ2) is 6.91. The maximum atomic E-state index is 12.5. The van der Waals surface area contributed by atoms with Crippen LogP contribution in [0.3, 0.4) is 0 Å². The maximum Gasteiger partial charge on any atom is 0.284 e. The van der Waals surface area contributed by atoms with Gasteiger partial charge in [0.2, 0.25) is 15.2 Å². The smallest absolute Gasteiger partial charge is 0.277 e. The average molecular weight is 407 g/mol. The molecule has 1 N–H and O–H groups in total. The van der Waals surface area contributed by atoms with Crippen molar-refractivity contribution in [3.05, 3.63) is 52.7 Å². The molecule has 2 aromatic heterocycles. The van der Waals surface area contributed by atoms with Crippen molar-refractivity contribution in [1.82, 2.24) is 19.3 Å². The highest BCUT2D eigenvalue weighted by Gasteiger charge is 2.26. The van der Waals surface area contributed by atoms with E-state index in [1.807, 2.05) is 6.07 Å². The van der Waals surface area contributed by atoms with E-state index in [2.05, 4.69) is 14.9 Å². The van der Waals surface area contributed by atoms with Gasteiger partial charge in [0.1, 0.15) is 0 Å². The van der Waals surface area contributed by atoms with Gasteiger partial charge in [-0.25, -0.2) is 13.1 Å². The van der Waals surface area contributed by atoms with Crippen LogP contribution in [0.5, 0.6) is 0 Å². The molecule has 27 heavy (non-hydrogen) atoms. The van der Waals surface area contributed by atoms with Gasteiger partial charge in [0.05, 0.1) is 14.7 Å². The first-order valence-corrected chi connectivity index (χ1v) is 10.2. The predicted molar refractivity (Wildman–Crippen MR) is 100 cm³/mol. The monoisotopic (exact) mass is 407 g/mol. The van der Waals surface area contributed by atoms with E-state index in [4.69, 9.17) is 0 Å². The topological polar surface area (TPSA) is 120 Å². The first kappa shape index (κ1) is 19.3. The molecule has 0 spiro atoms. The minimum absolute atomic E-state index is 0.167. The Hall–Kier alpha value is -2.50. The quantitative estimate of drug-likeness (QED) is 0.510. The van der Waals surface area contributed by atoms with Crippen LogP contribution >= 0.6 is 11.8 Å². The van der Waals surface area contributed by atoms with Crippen LogP contribution in [-0.2, 0) is 10.0 Å². The molecule has 0 atom stereocenters. The molecule has 0 saturated heterocycles. The van der Waals surface area contributed by atoms with Crippen molar-refractivity contribution in [2.75, 3.05) is 0 Å². The number of nitro benzene ring substituents is 1. The number of nitrogens with one attached hydrogen (secondary N) is 1. The molecule has 0 radical (unpaired) electrons. The standard InChI is InChI=1S/C16H17N5O4S2/c1-16(2,3)19-27(24,25)11-7-8-13(12(10-11)21(22)23)26-15-18-17-14-6-4-5-9-20(14)15/h4-10,19H,1-3H3. The number of hydrogen-bond donors (Lipinski definition) is 1. The first-order chi connectivity index (χ1) is 12.6. The van der Waals surface area contributed by atoms with Gasteiger partial charge >= 0.3 is 0 Å². The molecule has 2 heterocycles. The molecule has 0 aliphatic rings. The van der Waals surface area contributed by atoms with Crippen LogP contribution in [0, 0.1) is 10.1 Å². The van der Waals surface area contributed by atoms with Crippen molar-refractivity contribution in [1.29, 1.82) is 0 Å². The van der Waals surface area contributed by atoms with Crippen LogP contribution in [-0.4, -0.2) is 33.5 Å². The number of nitrogens with zero attached hydrogens (tertiary/aromatic N) is 4. The summed E-state index contributed by atoms with van der Waals surface area (Å²) in [4.78, 5) is 11.0. The summed E-state index contributed by atoms with van der Waals surface area (Å²) in [5.74, 6) is 0. The highest BCUT2D eigenvalue weighted by atomic mass is 32.2. The zero-order valence-electron chi connectivity index (χ0n) is 14.8. The second-order valence-corrected chi connectivity index (χ2v) is 9.45. The summed E-state index contributed by atoms with van der Waals surface area (Å²) in [6.45, 7) is 5.08. The molecule has 142 valence electrons. The number of aromatic nitrogens is 3. The molecule has 0 aliphatic heterocycles. The summed E-state index contributed by atoms with van der Waals surface area (Å²) in [5, 5.41) is 20.0. The Kier molecular flexibility index (Phi) is 4.93. The lowest BCUT2D eigenvalue weighted by Crippen LogP contribution is -2.40. The number of nitro groups is 1. The summed E-state index contributed by atoms with van der Waals surface area (Å²) in [7, 11) is -3.88. The van der Waals surface area contributed by atoms with Crippen molar-refractivity contribution in [3.8, 4) is 0 Å². The van der Waals surface area contributed by atoms with Crippen molar-refractivity contribution < 1.29 is 13.3 Å². The second-order valence-electron chi connectivity index (χ2n) is 6.76. The van der Waals surface area contributed by atoms with Gasteiger partial charge in [-0.2, -0.15) is 0 Å². The van der Waals surface area contributed by atoms with Crippen LogP contribution < -0.4 is 4.72 Å². The third kappa shape index (κ3) is 4.26. The van der Waals surface area contributed by atoms with E-state index in [9.17, 15) is 18.5 Å². The zero-order valence-corrected chi connectivity index (χ0v) is 16.4. The predicted octanol–water partition coefficient (Wildman–Crippen LogP) is 2.87. The number of pyridine rings is 1. The van der Waals surface area contributed by atoms with Crippen molar-refractivity contribution in [3.63, 3.8) is 0 Å². The molecule has 0 aliphatic carbocycles. The Morgan fingerprint density at radius 3 is 2.59 bits per heavy atom. The highest BCUT2D eigenvalue weighted by Crippen LogP contribution is 2.35. The Morgan fingerprint density at radius 1 is 1.19 bits per heavy atom. The lowest BCUT2D eigenvalue weighted by molar-refractivity contribution is -0.388. The lowest BCUT2D eigenvalue weighted by atomic mass is 10.1. The number of benzene rings is 1. The van der Waals surface area contributed by atoms with Gasteiger partial charge in [0.15, 0.2) is 5.65 Å². The molecule has 1 aromatic carbocycles. The van der Waals surface area contributed by atoms with Gasteiger partial charge in [0, 0.05) is 17.8 Å². The molecule has 0 bridgehead atoms. The molecule has 9 nitrogen and oxygen atoms in total. The van der Waals surface area contributed by atoms with Gasteiger partial charge in [-0.05, 0) is 56.8 Å². The first-order valence-electron chi connectivity index (χ1n) is 7.87. The van der Waals surface area contributed by atoms with Crippen molar-refractivity contribution in [2.24, 2.45) is 0 Å². The third-order valence-corrected chi connectivity index (χ3v) is 6.14. The molecular formula is C16H17N5O4S2. The van der Waals surface area contributed by atoms with Gasteiger partial charge in [-0.3, -0.25) is 14.5 Å². The maximum absolute atomic E-state index is 12.5. The van der Waals surface area contributed by atoms with Crippen LogP contribution in [0.4, 0.5) is 5.69 Å². The molecular weight excluding hydrogens is 390 g/mol. The van der Waals surface area contributed by atoms with Crippen LogP contribution in [0.2, 0.25) is 0 Å². The summed E-state index contributed by atoms with van der Waals surface area (Å²) in [5.41, 5.74) is -0.415. The Bertz CT molecular complexity index is 1120. The molecule has 3 rings (SSSR count). The normalized spacial score (nSPS) is 12.4. The van der Waals surface area contributed by atoms with Crippen LogP contribution in [0.25, 0.3) is 5.65 Å². The van der Waals surface area contributed by atoms with Gasteiger partial charge in [0.25, 0.3) is 5.69 Å². The fourth-order valence-corrected chi connectivity index (χ4v) is 4.69. The van der Waals surface area contributed by atoms with Crippen LogP contribution in [0.1, 0.15) is 20.8 Å². The summed E-state index contributed by atoms with van der Waals surface area (Å²) in [6.07, 6.45) is 1.75. The molecule has 0 saturated carbocycles. The van der Waals surface area contributed by atoms with E-state index in [1.165, 1.54) is 12.1 Å². The number of hydrogen-bond acceptors (Lipinski definition) is 7. The lowest BCUT2D eigenvalue weighted by Gasteiger charge is -2.20. The average Bonchev–Trinajstić information content (AvgIpc) is 2.96. The van der Waals surface area contributed by atoms with Gasteiger partial charge in [-0.1, -0.05) is 6.07 Å². The van der Waals surface area contributed by atoms with Gasteiger partial charge in [-0.15, -0.1) is 10.2 Å². The Balaban J connectivity index is 2.01. The summed E-state index contributed by atoms with van der Waals surface area (Å²) in [6, 6.07) is 9.17. The third-order valence-electron chi connectivity index (χ3n) is 3.36. The molecule has 0 amide bonds. The molecule has 0 unspecified atom stereocenters. The molecule has 11 heteroatoms. The Labute approximate surface area is 160 Å². The number of fused-ring (bicyclic) bond motifs is 1. The number of sulfonamides is 1. The van der Waals surface area contributed by atoms with Crippen molar-refractivity contribution in [2.45, 2.75) is 41.3 Å². The minimum Gasteiger partial charge on any atom is -0.277 e.